The van der Waals surface area contributed by atoms with Crippen molar-refractivity contribution in [3.63, 3.8) is 0 Å². The van der Waals surface area contributed by atoms with Crippen molar-refractivity contribution in [2.24, 2.45) is 0 Å². The second-order valence-electron chi connectivity index (χ2n) is 5.22. The van der Waals surface area contributed by atoms with E-state index in [2.05, 4.69) is 15.0 Å². The molecule has 0 atom stereocenters. The molecule has 0 spiro atoms. The van der Waals surface area contributed by atoms with Crippen LogP contribution in [0.15, 0.2) is 47.8 Å². The Balaban J connectivity index is 1.78. The molecule has 2 aromatic carbocycles. The van der Waals surface area contributed by atoms with Crippen molar-refractivity contribution in [1.82, 2.24) is 4.98 Å². The van der Waals surface area contributed by atoms with E-state index in [0.29, 0.717) is 16.5 Å². The molecule has 2 N–H and O–H groups in total. The summed E-state index contributed by atoms with van der Waals surface area (Å²) in [6.45, 7) is 0. The first-order chi connectivity index (χ1) is 11.8. The van der Waals surface area contributed by atoms with E-state index in [0.717, 1.165) is 17.9 Å². The fourth-order valence-corrected chi connectivity index (χ4v) is 3.40. The molecule has 0 aliphatic rings. The van der Waals surface area contributed by atoms with Crippen LogP contribution in [-0.4, -0.2) is 19.7 Å². The van der Waals surface area contributed by atoms with Gasteiger partial charge in [-0.05, 0) is 24.3 Å². The van der Waals surface area contributed by atoms with E-state index in [1.165, 1.54) is 23.5 Å². The van der Waals surface area contributed by atoms with E-state index in [9.17, 15) is 17.2 Å². The molecular weight excluding hydrogens is 368 g/mol. The lowest BCUT2D eigenvalue weighted by atomic mass is 10.1. The molecule has 0 amide bonds. The summed E-state index contributed by atoms with van der Waals surface area (Å²) in [6, 6.07) is 10.5. The number of halogens is 2. The van der Waals surface area contributed by atoms with Gasteiger partial charge in [-0.3, -0.25) is 4.72 Å². The van der Waals surface area contributed by atoms with Gasteiger partial charge in [0.1, 0.15) is 0 Å². The van der Waals surface area contributed by atoms with E-state index < -0.39 is 21.7 Å². The second kappa shape index (κ2) is 6.77. The first-order valence-electron chi connectivity index (χ1n) is 7.06. The predicted octanol–water partition coefficient (Wildman–Crippen LogP) is 4.20. The number of rotatable bonds is 5. The quantitative estimate of drug-likeness (QED) is 0.695. The Hall–Kier alpha value is -2.52. The number of aromatic nitrogens is 1. The van der Waals surface area contributed by atoms with E-state index in [1.54, 1.807) is 29.6 Å². The predicted molar refractivity (Wildman–Crippen MR) is 95.7 cm³/mol. The van der Waals surface area contributed by atoms with Crippen molar-refractivity contribution in [1.29, 1.82) is 0 Å². The van der Waals surface area contributed by atoms with Gasteiger partial charge in [-0.1, -0.05) is 18.2 Å². The molecule has 0 saturated carbocycles. The first kappa shape index (κ1) is 17.3. The van der Waals surface area contributed by atoms with Crippen molar-refractivity contribution < 1.29 is 17.2 Å². The Morgan fingerprint density at radius 3 is 2.48 bits per heavy atom. The summed E-state index contributed by atoms with van der Waals surface area (Å²) in [7, 11) is -3.33. The number of anilines is 3. The van der Waals surface area contributed by atoms with Crippen molar-refractivity contribution in [2.45, 2.75) is 0 Å². The number of hydrogen-bond donors (Lipinski definition) is 2. The molecule has 0 bridgehead atoms. The summed E-state index contributed by atoms with van der Waals surface area (Å²) >= 11 is 1.25. The first-order valence-corrected chi connectivity index (χ1v) is 9.84. The Bertz CT molecular complexity index is 1000. The summed E-state index contributed by atoms with van der Waals surface area (Å²) in [5, 5.41) is 4.92. The van der Waals surface area contributed by atoms with E-state index in [1.807, 2.05) is 0 Å². The zero-order valence-electron chi connectivity index (χ0n) is 13.0. The molecule has 0 aliphatic carbocycles. The van der Waals surface area contributed by atoms with Crippen LogP contribution in [0.3, 0.4) is 0 Å². The highest BCUT2D eigenvalue weighted by atomic mass is 32.2. The Morgan fingerprint density at radius 2 is 1.80 bits per heavy atom. The highest BCUT2D eigenvalue weighted by Gasteiger charge is 2.11. The Labute approximate surface area is 147 Å². The van der Waals surface area contributed by atoms with Crippen LogP contribution in [0.2, 0.25) is 0 Å². The molecule has 0 unspecified atom stereocenters. The fraction of sp³-hybridized carbons (Fsp3) is 0.0625. The molecule has 0 radical (unpaired) electrons. The van der Waals surface area contributed by atoms with Gasteiger partial charge in [-0.2, -0.15) is 0 Å². The number of benzene rings is 2. The zero-order valence-corrected chi connectivity index (χ0v) is 14.6. The molecule has 5 nitrogen and oxygen atoms in total. The average molecular weight is 381 g/mol. The van der Waals surface area contributed by atoms with Gasteiger partial charge < -0.3 is 5.32 Å². The van der Waals surface area contributed by atoms with Crippen LogP contribution >= 0.6 is 11.3 Å². The molecular formula is C16H13F2N3O2S2. The second-order valence-corrected chi connectivity index (χ2v) is 7.82. The van der Waals surface area contributed by atoms with Gasteiger partial charge >= 0.3 is 0 Å². The molecule has 3 rings (SSSR count). The third-order valence-corrected chi connectivity index (χ3v) is 4.55. The summed E-state index contributed by atoms with van der Waals surface area (Å²) < 4.78 is 51.7. The molecule has 0 aliphatic heterocycles. The maximum Gasteiger partial charge on any atom is 0.229 e. The highest BCUT2D eigenvalue weighted by Crippen LogP contribution is 2.29. The number of sulfonamides is 1. The van der Waals surface area contributed by atoms with E-state index in [4.69, 9.17) is 0 Å². The number of thiazole rings is 1. The maximum atomic E-state index is 13.7. The minimum Gasteiger partial charge on any atom is -0.329 e. The lowest BCUT2D eigenvalue weighted by molar-refractivity contribution is 0.512. The topological polar surface area (TPSA) is 71.1 Å². The standard InChI is InChI=1S/C16H13F2N3O2S2/c1-25(22,23)21-11-7-5-10(6-8-11)14-9-24-16(20-14)19-13-4-2-3-12(17)15(13)18/h2-9,21H,1H3,(H,19,20). The number of nitrogens with one attached hydrogen (secondary N) is 2. The third-order valence-electron chi connectivity index (χ3n) is 3.18. The Morgan fingerprint density at radius 1 is 1.08 bits per heavy atom. The van der Waals surface area contributed by atoms with Crippen LogP contribution in [0.1, 0.15) is 0 Å². The number of nitrogens with zero attached hydrogens (tertiary/aromatic N) is 1. The van der Waals surface area contributed by atoms with Crippen LogP contribution < -0.4 is 10.0 Å². The maximum absolute atomic E-state index is 13.7. The fourth-order valence-electron chi connectivity index (χ4n) is 2.10. The van der Waals surface area contributed by atoms with Gasteiger partial charge in [0.15, 0.2) is 16.8 Å². The SMILES string of the molecule is CS(=O)(=O)Nc1ccc(-c2csc(Nc3cccc(F)c3F)n2)cc1. The highest BCUT2D eigenvalue weighted by molar-refractivity contribution is 7.92. The third kappa shape index (κ3) is 4.31. The molecule has 3 aromatic rings. The van der Waals surface area contributed by atoms with Crippen LogP contribution in [0.5, 0.6) is 0 Å². The van der Waals surface area contributed by atoms with Crippen LogP contribution in [0, 0.1) is 11.6 Å². The molecule has 25 heavy (non-hydrogen) atoms. The van der Waals surface area contributed by atoms with Crippen LogP contribution in [-0.2, 0) is 10.0 Å². The molecule has 1 heterocycles. The van der Waals surface area contributed by atoms with Gasteiger partial charge in [0, 0.05) is 16.6 Å². The lowest BCUT2D eigenvalue weighted by Gasteiger charge is -2.05. The van der Waals surface area contributed by atoms with Crippen LogP contribution in [0.4, 0.5) is 25.3 Å². The smallest absolute Gasteiger partial charge is 0.229 e. The normalized spacial score (nSPS) is 11.3. The monoisotopic (exact) mass is 381 g/mol. The summed E-state index contributed by atoms with van der Waals surface area (Å²) in [4.78, 5) is 4.33. The van der Waals surface area contributed by atoms with Gasteiger partial charge in [0.05, 0.1) is 17.6 Å². The van der Waals surface area contributed by atoms with Crippen molar-refractivity contribution in [3.8, 4) is 11.3 Å². The van der Waals surface area contributed by atoms with Gasteiger partial charge in [0.2, 0.25) is 10.0 Å². The Kier molecular flexibility index (Phi) is 4.69. The summed E-state index contributed by atoms with van der Waals surface area (Å²) in [6.07, 6.45) is 1.07. The zero-order chi connectivity index (χ0) is 18.0. The minimum atomic E-state index is -3.33. The molecule has 130 valence electrons. The molecule has 9 heteroatoms. The average Bonchev–Trinajstić information content (AvgIpc) is 3.00. The summed E-state index contributed by atoms with van der Waals surface area (Å²) in [5.74, 6) is -1.90. The van der Waals surface area contributed by atoms with Crippen molar-refractivity contribution >= 4 is 37.9 Å². The summed E-state index contributed by atoms with van der Waals surface area (Å²) in [5.41, 5.74) is 1.86. The van der Waals surface area contributed by atoms with Crippen molar-refractivity contribution in [3.05, 3.63) is 59.5 Å². The number of hydrogen-bond acceptors (Lipinski definition) is 5. The van der Waals surface area contributed by atoms with Gasteiger partial charge in [0.25, 0.3) is 0 Å². The lowest BCUT2D eigenvalue weighted by Crippen LogP contribution is -2.09. The largest absolute Gasteiger partial charge is 0.329 e. The van der Waals surface area contributed by atoms with Crippen molar-refractivity contribution in [2.75, 3.05) is 16.3 Å². The molecule has 0 saturated heterocycles. The molecule has 1 aromatic heterocycles. The van der Waals surface area contributed by atoms with Gasteiger partial charge in [-0.25, -0.2) is 22.2 Å². The van der Waals surface area contributed by atoms with E-state index in [-0.39, 0.29) is 5.69 Å². The minimum absolute atomic E-state index is 0.00796. The van der Waals surface area contributed by atoms with E-state index >= 15 is 0 Å². The van der Waals surface area contributed by atoms with Gasteiger partial charge in [-0.15, -0.1) is 11.3 Å². The van der Waals surface area contributed by atoms with Crippen LogP contribution in [0.25, 0.3) is 11.3 Å². The molecule has 0 fully saturated rings.